The highest BCUT2D eigenvalue weighted by atomic mass is 16.5. The number of hydrogen-bond donors (Lipinski definition) is 2. The van der Waals surface area contributed by atoms with Crippen molar-refractivity contribution in [1.82, 2.24) is 30.7 Å². The molecule has 26 heavy (non-hydrogen) atoms. The van der Waals surface area contributed by atoms with Crippen molar-refractivity contribution in [3.8, 4) is 11.4 Å². The third-order valence-electron chi connectivity index (χ3n) is 3.42. The molecule has 9 nitrogen and oxygen atoms in total. The molecule has 132 valence electrons. The number of rotatable bonds is 6. The Morgan fingerprint density at radius 1 is 1.04 bits per heavy atom. The number of nitrogens with zero attached hydrogens (tertiary/aromatic N) is 4. The lowest BCUT2D eigenvalue weighted by Crippen LogP contribution is -2.35. The number of amides is 2. The van der Waals surface area contributed by atoms with Crippen LogP contribution in [-0.4, -0.2) is 45.0 Å². The number of benzene rings is 1. The molecule has 0 saturated carbocycles. The number of hydrogen-bond acceptors (Lipinski definition) is 7. The van der Waals surface area contributed by atoms with Gasteiger partial charge in [-0.2, -0.15) is 4.98 Å². The number of nitrogens with one attached hydrogen (secondary N) is 2. The van der Waals surface area contributed by atoms with Crippen molar-refractivity contribution in [3.05, 3.63) is 60.0 Å². The molecule has 0 spiro atoms. The van der Waals surface area contributed by atoms with Crippen LogP contribution in [0.2, 0.25) is 0 Å². The van der Waals surface area contributed by atoms with E-state index in [1.165, 1.54) is 18.6 Å². The summed E-state index contributed by atoms with van der Waals surface area (Å²) in [5.74, 6) is -0.677. The third kappa shape index (κ3) is 4.26. The summed E-state index contributed by atoms with van der Waals surface area (Å²) in [5.41, 5.74) is 2.08. The van der Waals surface area contributed by atoms with E-state index in [-0.39, 0.29) is 30.6 Å². The molecule has 0 bridgehead atoms. The molecule has 0 saturated heterocycles. The molecule has 0 atom stereocenters. The highest BCUT2D eigenvalue weighted by Crippen LogP contribution is 2.16. The van der Waals surface area contributed by atoms with Gasteiger partial charge in [-0.3, -0.25) is 14.6 Å². The molecule has 0 fully saturated rings. The Balaban J connectivity index is 1.48. The molecule has 0 radical (unpaired) electrons. The Morgan fingerprint density at radius 2 is 1.77 bits per heavy atom. The van der Waals surface area contributed by atoms with Gasteiger partial charge in [-0.15, -0.1) is 0 Å². The zero-order valence-corrected chi connectivity index (χ0v) is 14.0. The molecule has 0 aliphatic heterocycles. The molecule has 1 aromatic carbocycles. The van der Waals surface area contributed by atoms with Gasteiger partial charge < -0.3 is 15.2 Å². The summed E-state index contributed by atoms with van der Waals surface area (Å²) in [4.78, 5) is 35.6. The SMILES string of the molecule is Cc1ccc(-c2noc(C(=O)NCCNC(=O)c3cnccn3)n2)cc1. The summed E-state index contributed by atoms with van der Waals surface area (Å²) in [6.07, 6.45) is 4.27. The third-order valence-corrected chi connectivity index (χ3v) is 3.42. The van der Waals surface area contributed by atoms with E-state index in [1.54, 1.807) is 0 Å². The van der Waals surface area contributed by atoms with Crippen LogP contribution in [0.3, 0.4) is 0 Å². The molecule has 2 N–H and O–H groups in total. The molecule has 2 heterocycles. The Bertz CT molecular complexity index is 892. The molecular weight excluding hydrogens is 336 g/mol. The quantitative estimate of drug-likeness (QED) is 0.634. The molecule has 0 aliphatic rings. The van der Waals surface area contributed by atoms with Crippen LogP contribution in [0.4, 0.5) is 0 Å². The first kappa shape index (κ1) is 17.2. The van der Waals surface area contributed by atoms with Crippen molar-refractivity contribution in [2.45, 2.75) is 6.92 Å². The predicted molar refractivity (Wildman–Crippen MR) is 91.2 cm³/mol. The summed E-state index contributed by atoms with van der Waals surface area (Å²) in [6.45, 7) is 2.40. The Labute approximate surface area is 148 Å². The van der Waals surface area contributed by atoms with Gasteiger partial charge in [-0.05, 0) is 6.92 Å². The first-order valence-electron chi connectivity index (χ1n) is 7.86. The van der Waals surface area contributed by atoms with E-state index in [0.717, 1.165) is 11.1 Å². The molecule has 2 aromatic heterocycles. The van der Waals surface area contributed by atoms with Crippen LogP contribution in [0.25, 0.3) is 11.4 Å². The van der Waals surface area contributed by atoms with Gasteiger partial charge in [0.2, 0.25) is 5.82 Å². The van der Waals surface area contributed by atoms with Gasteiger partial charge in [-0.25, -0.2) is 4.98 Å². The predicted octanol–water partition coefficient (Wildman–Crippen LogP) is 0.995. The highest BCUT2D eigenvalue weighted by molar-refractivity contribution is 5.92. The minimum absolute atomic E-state index is 0.138. The van der Waals surface area contributed by atoms with Crippen molar-refractivity contribution in [1.29, 1.82) is 0 Å². The fourth-order valence-electron chi connectivity index (χ4n) is 2.07. The van der Waals surface area contributed by atoms with Crippen LogP contribution in [0.1, 0.15) is 26.7 Å². The van der Waals surface area contributed by atoms with Crippen LogP contribution in [0, 0.1) is 6.92 Å². The Kier molecular flexibility index (Phi) is 5.28. The van der Waals surface area contributed by atoms with Crippen LogP contribution < -0.4 is 10.6 Å². The fraction of sp³-hybridized carbons (Fsp3) is 0.176. The van der Waals surface area contributed by atoms with E-state index in [4.69, 9.17) is 4.52 Å². The second kappa shape index (κ2) is 7.97. The van der Waals surface area contributed by atoms with Crippen LogP contribution >= 0.6 is 0 Å². The van der Waals surface area contributed by atoms with Crippen LogP contribution in [0.5, 0.6) is 0 Å². The van der Waals surface area contributed by atoms with Crippen molar-refractivity contribution >= 4 is 11.8 Å². The van der Waals surface area contributed by atoms with Crippen molar-refractivity contribution in [2.75, 3.05) is 13.1 Å². The van der Waals surface area contributed by atoms with E-state index in [2.05, 4.69) is 30.7 Å². The number of carbonyl (C=O) groups excluding carboxylic acids is 2. The largest absolute Gasteiger partial charge is 0.349 e. The van der Waals surface area contributed by atoms with Crippen LogP contribution in [0.15, 0.2) is 47.4 Å². The van der Waals surface area contributed by atoms with Crippen molar-refractivity contribution in [3.63, 3.8) is 0 Å². The van der Waals surface area contributed by atoms with E-state index in [1.807, 2.05) is 31.2 Å². The topological polar surface area (TPSA) is 123 Å². The standard InChI is InChI=1S/C17H16N6O3/c1-11-2-4-12(5-3-11)14-22-17(26-23-14)16(25)21-9-8-20-15(24)13-10-18-6-7-19-13/h2-7,10H,8-9H2,1H3,(H,20,24)(H,21,25). The zero-order chi connectivity index (χ0) is 18.4. The summed E-state index contributed by atoms with van der Waals surface area (Å²) < 4.78 is 4.98. The Morgan fingerprint density at radius 3 is 2.46 bits per heavy atom. The van der Waals surface area contributed by atoms with Crippen molar-refractivity contribution in [2.24, 2.45) is 0 Å². The summed E-state index contributed by atoms with van der Waals surface area (Å²) >= 11 is 0. The Hall–Kier alpha value is -3.62. The molecular formula is C17H16N6O3. The number of carbonyl (C=O) groups is 2. The van der Waals surface area contributed by atoms with Gasteiger partial charge in [0, 0.05) is 31.0 Å². The van der Waals surface area contributed by atoms with Gasteiger partial charge in [-0.1, -0.05) is 35.0 Å². The van der Waals surface area contributed by atoms with Gasteiger partial charge in [0.05, 0.1) is 6.20 Å². The highest BCUT2D eigenvalue weighted by Gasteiger charge is 2.15. The minimum Gasteiger partial charge on any atom is -0.349 e. The summed E-state index contributed by atoms with van der Waals surface area (Å²) in [5, 5.41) is 9.01. The van der Waals surface area contributed by atoms with E-state index in [0.29, 0.717) is 5.82 Å². The monoisotopic (exact) mass is 352 g/mol. The van der Waals surface area contributed by atoms with Gasteiger partial charge in [0.25, 0.3) is 5.91 Å². The summed E-state index contributed by atoms with van der Waals surface area (Å²) in [7, 11) is 0. The van der Waals surface area contributed by atoms with E-state index >= 15 is 0 Å². The smallest absolute Gasteiger partial charge is 0.316 e. The average molecular weight is 352 g/mol. The molecule has 0 unspecified atom stereocenters. The van der Waals surface area contributed by atoms with Gasteiger partial charge >= 0.3 is 11.8 Å². The molecule has 3 aromatic rings. The van der Waals surface area contributed by atoms with Crippen molar-refractivity contribution < 1.29 is 14.1 Å². The second-order valence-electron chi connectivity index (χ2n) is 5.39. The number of aryl methyl sites for hydroxylation is 1. The molecule has 9 heteroatoms. The average Bonchev–Trinajstić information content (AvgIpc) is 3.16. The number of aromatic nitrogens is 4. The molecule has 3 rings (SSSR count). The van der Waals surface area contributed by atoms with Gasteiger partial charge in [0.1, 0.15) is 5.69 Å². The lowest BCUT2D eigenvalue weighted by Gasteiger charge is -2.04. The van der Waals surface area contributed by atoms with E-state index < -0.39 is 5.91 Å². The first-order valence-corrected chi connectivity index (χ1v) is 7.86. The fourth-order valence-corrected chi connectivity index (χ4v) is 2.07. The summed E-state index contributed by atoms with van der Waals surface area (Å²) in [6, 6.07) is 7.55. The maximum Gasteiger partial charge on any atom is 0.316 e. The van der Waals surface area contributed by atoms with Crippen LogP contribution in [-0.2, 0) is 0 Å². The minimum atomic E-state index is -0.510. The second-order valence-corrected chi connectivity index (χ2v) is 5.39. The molecule has 0 aliphatic carbocycles. The maximum absolute atomic E-state index is 12.0. The van der Waals surface area contributed by atoms with E-state index in [9.17, 15) is 9.59 Å². The lowest BCUT2D eigenvalue weighted by atomic mass is 10.1. The normalized spacial score (nSPS) is 10.3. The molecule has 2 amide bonds. The lowest BCUT2D eigenvalue weighted by molar-refractivity contribution is 0.0897. The van der Waals surface area contributed by atoms with Gasteiger partial charge in [0.15, 0.2) is 0 Å². The zero-order valence-electron chi connectivity index (χ0n) is 14.0. The maximum atomic E-state index is 12.0. The first-order chi connectivity index (χ1) is 12.6.